The summed E-state index contributed by atoms with van der Waals surface area (Å²) in [4.78, 5) is 19.0. The van der Waals surface area contributed by atoms with E-state index < -0.39 is 4.92 Å². The molecule has 23 heavy (non-hydrogen) atoms. The number of hydrogen-bond donors (Lipinski definition) is 1. The molecule has 0 fully saturated rings. The standard InChI is InChI=1S/C16H20N4O3/c1-4-14(12-6-5-7-13(8-12)20(21)22)18-15-9-17-10-16(19-15)23-11(2)3/h5-11,14H,4H2,1-3H3,(H,18,19). The normalized spacial score (nSPS) is 12.0. The summed E-state index contributed by atoms with van der Waals surface area (Å²) in [6, 6.07) is 6.49. The van der Waals surface area contributed by atoms with Gasteiger partial charge in [0.1, 0.15) is 5.82 Å². The van der Waals surface area contributed by atoms with Crippen LogP contribution in [0.4, 0.5) is 11.5 Å². The third kappa shape index (κ3) is 4.64. The molecule has 0 aliphatic carbocycles. The van der Waals surface area contributed by atoms with E-state index in [9.17, 15) is 10.1 Å². The predicted octanol–water partition coefficient (Wildman–Crippen LogP) is 3.74. The molecule has 0 bridgehead atoms. The molecule has 1 aromatic carbocycles. The van der Waals surface area contributed by atoms with Crippen LogP contribution >= 0.6 is 0 Å². The van der Waals surface area contributed by atoms with Crippen LogP contribution in [-0.4, -0.2) is 21.0 Å². The van der Waals surface area contributed by atoms with Gasteiger partial charge in [-0.1, -0.05) is 19.1 Å². The molecule has 7 heteroatoms. The first-order valence-electron chi connectivity index (χ1n) is 7.49. The summed E-state index contributed by atoms with van der Waals surface area (Å²) in [5, 5.41) is 14.2. The second-order valence-electron chi connectivity index (χ2n) is 5.37. The zero-order valence-corrected chi connectivity index (χ0v) is 13.4. The van der Waals surface area contributed by atoms with Gasteiger partial charge in [0, 0.05) is 12.1 Å². The summed E-state index contributed by atoms with van der Waals surface area (Å²) in [6.45, 7) is 5.83. The first kappa shape index (κ1) is 16.7. The van der Waals surface area contributed by atoms with Gasteiger partial charge in [-0.25, -0.2) is 0 Å². The van der Waals surface area contributed by atoms with E-state index in [0.717, 1.165) is 12.0 Å². The first-order valence-corrected chi connectivity index (χ1v) is 7.49. The van der Waals surface area contributed by atoms with Gasteiger partial charge in [0.05, 0.1) is 29.5 Å². The Kier molecular flexibility index (Phi) is 5.46. The van der Waals surface area contributed by atoms with Gasteiger partial charge in [-0.2, -0.15) is 4.98 Å². The van der Waals surface area contributed by atoms with E-state index in [0.29, 0.717) is 11.7 Å². The minimum atomic E-state index is -0.396. The molecule has 1 unspecified atom stereocenters. The second-order valence-corrected chi connectivity index (χ2v) is 5.37. The van der Waals surface area contributed by atoms with E-state index in [1.165, 1.54) is 6.07 Å². The first-order chi connectivity index (χ1) is 11.0. The molecule has 0 aliphatic rings. The van der Waals surface area contributed by atoms with Gasteiger partial charge in [0.15, 0.2) is 0 Å². The van der Waals surface area contributed by atoms with Crippen LogP contribution in [0.3, 0.4) is 0 Å². The topological polar surface area (TPSA) is 90.2 Å². The lowest BCUT2D eigenvalue weighted by molar-refractivity contribution is -0.384. The minimum Gasteiger partial charge on any atom is -0.474 e. The van der Waals surface area contributed by atoms with Gasteiger partial charge >= 0.3 is 0 Å². The van der Waals surface area contributed by atoms with Crippen molar-refractivity contribution >= 4 is 11.5 Å². The molecule has 1 heterocycles. The SMILES string of the molecule is CCC(Nc1cncc(OC(C)C)n1)c1cccc([N+](=O)[O-])c1. The zero-order chi connectivity index (χ0) is 16.8. The molecule has 7 nitrogen and oxygen atoms in total. The van der Waals surface area contributed by atoms with E-state index in [-0.39, 0.29) is 17.8 Å². The van der Waals surface area contributed by atoms with Crippen LogP contribution in [0.5, 0.6) is 5.88 Å². The number of nitro groups is 1. The van der Waals surface area contributed by atoms with Gasteiger partial charge < -0.3 is 10.1 Å². The third-order valence-corrected chi connectivity index (χ3v) is 3.18. The molecule has 0 saturated carbocycles. The lowest BCUT2D eigenvalue weighted by atomic mass is 10.0. The largest absolute Gasteiger partial charge is 0.474 e. The van der Waals surface area contributed by atoms with Crippen LogP contribution in [0.2, 0.25) is 0 Å². The minimum absolute atomic E-state index is 0.0123. The number of non-ortho nitro benzene ring substituents is 1. The van der Waals surface area contributed by atoms with Gasteiger partial charge in [-0.3, -0.25) is 15.1 Å². The summed E-state index contributed by atoms with van der Waals surface area (Å²) in [5.41, 5.74) is 0.907. The zero-order valence-electron chi connectivity index (χ0n) is 13.4. The smallest absolute Gasteiger partial charge is 0.269 e. The number of rotatable bonds is 7. The van der Waals surface area contributed by atoms with Crippen molar-refractivity contribution in [3.63, 3.8) is 0 Å². The van der Waals surface area contributed by atoms with Crippen molar-refractivity contribution in [3.05, 3.63) is 52.3 Å². The molecule has 2 rings (SSSR count). The van der Waals surface area contributed by atoms with Gasteiger partial charge in [0.2, 0.25) is 5.88 Å². The molecule has 1 aromatic heterocycles. The summed E-state index contributed by atoms with van der Waals surface area (Å²) < 4.78 is 5.52. The molecule has 1 N–H and O–H groups in total. The number of nitrogens with one attached hydrogen (secondary N) is 1. The number of ether oxygens (including phenoxy) is 1. The van der Waals surface area contributed by atoms with E-state index in [4.69, 9.17) is 4.74 Å². The molecule has 0 saturated heterocycles. The van der Waals surface area contributed by atoms with Crippen LogP contribution in [0.15, 0.2) is 36.7 Å². The van der Waals surface area contributed by atoms with E-state index in [2.05, 4.69) is 15.3 Å². The number of nitrogens with zero attached hydrogens (tertiary/aromatic N) is 3. The number of anilines is 1. The lowest BCUT2D eigenvalue weighted by Crippen LogP contribution is -2.13. The molecule has 2 aromatic rings. The predicted molar refractivity (Wildman–Crippen MR) is 87.5 cm³/mol. The van der Waals surface area contributed by atoms with Crippen molar-refractivity contribution in [2.75, 3.05) is 5.32 Å². The van der Waals surface area contributed by atoms with Crippen molar-refractivity contribution in [3.8, 4) is 5.88 Å². The number of benzene rings is 1. The maximum Gasteiger partial charge on any atom is 0.269 e. The summed E-state index contributed by atoms with van der Waals surface area (Å²) in [6.07, 6.45) is 3.92. The van der Waals surface area contributed by atoms with Crippen LogP contribution in [0.1, 0.15) is 38.8 Å². The van der Waals surface area contributed by atoms with Crippen LogP contribution in [0.25, 0.3) is 0 Å². The lowest BCUT2D eigenvalue weighted by Gasteiger charge is -2.18. The second kappa shape index (κ2) is 7.53. The average molecular weight is 316 g/mol. The van der Waals surface area contributed by atoms with E-state index in [1.807, 2.05) is 26.8 Å². The number of nitro benzene ring substituents is 1. The molecule has 0 aliphatic heterocycles. The third-order valence-electron chi connectivity index (χ3n) is 3.18. The molecule has 0 radical (unpaired) electrons. The van der Waals surface area contributed by atoms with Crippen molar-refractivity contribution in [2.24, 2.45) is 0 Å². The quantitative estimate of drug-likeness (QED) is 0.618. The Hall–Kier alpha value is -2.70. The highest BCUT2D eigenvalue weighted by atomic mass is 16.6. The Morgan fingerprint density at radius 3 is 2.78 bits per heavy atom. The molecule has 0 spiro atoms. The van der Waals surface area contributed by atoms with Crippen LogP contribution in [-0.2, 0) is 0 Å². The Morgan fingerprint density at radius 1 is 1.35 bits per heavy atom. The molecule has 122 valence electrons. The Bertz CT molecular complexity index is 676. The fourth-order valence-corrected chi connectivity index (χ4v) is 2.17. The van der Waals surface area contributed by atoms with E-state index in [1.54, 1.807) is 24.5 Å². The highest BCUT2D eigenvalue weighted by molar-refractivity contribution is 5.41. The van der Waals surface area contributed by atoms with Crippen molar-refractivity contribution in [1.82, 2.24) is 9.97 Å². The fourth-order valence-electron chi connectivity index (χ4n) is 2.17. The molecular weight excluding hydrogens is 296 g/mol. The highest BCUT2D eigenvalue weighted by Gasteiger charge is 2.14. The van der Waals surface area contributed by atoms with Crippen LogP contribution < -0.4 is 10.1 Å². The fraction of sp³-hybridized carbons (Fsp3) is 0.375. The summed E-state index contributed by atoms with van der Waals surface area (Å²) >= 11 is 0. The number of hydrogen-bond acceptors (Lipinski definition) is 6. The van der Waals surface area contributed by atoms with Crippen molar-refractivity contribution < 1.29 is 9.66 Å². The maximum absolute atomic E-state index is 10.9. The molecular formula is C16H20N4O3. The summed E-state index contributed by atoms with van der Waals surface area (Å²) in [5.74, 6) is 1.01. The Morgan fingerprint density at radius 2 is 2.13 bits per heavy atom. The van der Waals surface area contributed by atoms with Gasteiger partial charge in [0.25, 0.3) is 5.69 Å². The Labute approximate surface area is 134 Å². The maximum atomic E-state index is 10.9. The number of aromatic nitrogens is 2. The van der Waals surface area contributed by atoms with Gasteiger partial charge in [-0.05, 0) is 25.8 Å². The summed E-state index contributed by atoms with van der Waals surface area (Å²) in [7, 11) is 0. The molecule has 0 amide bonds. The van der Waals surface area contributed by atoms with E-state index >= 15 is 0 Å². The van der Waals surface area contributed by atoms with Gasteiger partial charge in [-0.15, -0.1) is 0 Å². The molecule has 1 atom stereocenters. The average Bonchev–Trinajstić information content (AvgIpc) is 2.52. The van der Waals surface area contributed by atoms with Crippen molar-refractivity contribution in [2.45, 2.75) is 39.3 Å². The monoisotopic (exact) mass is 316 g/mol. The van der Waals surface area contributed by atoms with Crippen molar-refractivity contribution in [1.29, 1.82) is 0 Å². The Balaban J connectivity index is 2.19. The van der Waals surface area contributed by atoms with Crippen LogP contribution in [0, 0.1) is 10.1 Å². The highest BCUT2D eigenvalue weighted by Crippen LogP contribution is 2.25.